The normalized spacial score (nSPS) is 10.5. The molecule has 4 heteroatoms. The van der Waals surface area contributed by atoms with Crippen LogP contribution >= 0.6 is 0 Å². The number of carbonyl (C=O) groups is 2. The Hall–Kier alpha value is -1.97. The molecule has 1 aromatic rings. The van der Waals surface area contributed by atoms with E-state index in [1.807, 2.05) is 0 Å². The molecule has 0 N–H and O–H groups in total. The predicted octanol–water partition coefficient (Wildman–Crippen LogP) is 2.60. The smallest absolute Gasteiger partial charge is 0.309 e. The molecule has 1 aromatic carbocycles. The van der Waals surface area contributed by atoms with E-state index in [2.05, 4.69) is 0 Å². The van der Waals surface area contributed by atoms with Crippen molar-refractivity contribution in [2.45, 2.75) is 13.3 Å². The molecule has 0 atom stereocenters. The Morgan fingerprint density at radius 1 is 1.47 bits per heavy atom. The van der Waals surface area contributed by atoms with Gasteiger partial charge in [0.2, 0.25) is 0 Å². The number of rotatable bonds is 5. The Morgan fingerprint density at radius 2 is 2.24 bits per heavy atom. The van der Waals surface area contributed by atoms with Crippen LogP contribution in [0.25, 0.3) is 6.08 Å². The number of hydrogen-bond acceptors (Lipinski definition) is 3. The van der Waals surface area contributed by atoms with Crippen LogP contribution in [-0.4, -0.2) is 18.9 Å². The Bertz CT molecular complexity index is 438. The quantitative estimate of drug-likeness (QED) is 0.583. The molecule has 1 rings (SSSR count). The zero-order valence-electron chi connectivity index (χ0n) is 9.48. The highest BCUT2D eigenvalue weighted by Crippen LogP contribution is 2.11. The maximum Gasteiger partial charge on any atom is 0.309 e. The van der Waals surface area contributed by atoms with Crippen molar-refractivity contribution < 1.29 is 18.7 Å². The van der Waals surface area contributed by atoms with E-state index in [4.69, 9.17) is 4.74 Å². The van der Waals surface area contributed by atoms with E-state index in [1.54, 1.807) is 6.92 Å². The third-order valence-corrected chi connectivity index (χ3v) is 2.05. The minimum atomic E-state index is -0.491. The summed E-state index contributed by atoms with van der Waals surface area (Å²) in [5.41, 5.74) is 0.616. The van der Waals surface area contributed by atoms with Gasteiger partial charge in [-0.25, -0.2) is 4.39 Å². The van der Waals surface area contributed by atoms with E-state index in [1.165, 1.54) is 24.3 Å². The minimum Gasteiger partial charge on any atom is -0.466 e. The van der Waals surface area contributed by atoms with Crippen molar-refractivity contribution in [1.82, 2.24) is 0 Å². The molecule has 90 valence electrons. The summed E-state index contributed by atoms with van der Waals surface area (Å²) in [6, 6.07) is 4.15. The molecule has 17 heavy (non-hydrogen) atoms. The van der Waals surface area contributed by atoms with Crippen LogP contribution in [0.2, 0.25) is 0 Å². The largest absolute Gasteiger partial charge is 0.466 e. The molecular formula is C13H13FO3. The average molecular weight is 236 g/mol. The summed E-state index contributed by atoms with van der Waals surface area (Å²) in [4.78, 5) is 21.4. The van der Waals surface area contributed by atoms with Crippen LogP contribution in [0.4, 0.5) is 4.39 Å². The highest BCUT2D eigenvalue weighted by molar-refractivity contribution is 5.76. The van der Waals surface area contributed by atoms with Crippen molar-refractivity contribution in [3.05, 3.63) is 41.2 Å². The van der Waals surface area contributed by atoms with Gasteiger partial charge in [-0.3, -0.25) is 9.59 Å². The fraction of sp³-hybridized carbons (Fsp3) is 0.231. The Balaban J connectivity index is 2.65. The highest BCUT2D eigenvalue weighted by atomic mass is 19.1. The zero-order chi connectivity index (χ0) is 12.7. The zero-order valence-corrected chi connectivity index (χ0v) is 9.48. The molecule has 0 aliphatic heterocycles. The summed E-state index contributed by atoms with van der Waals surface area (Å²) in [7, 11) is 0. The second-order valence-corrected chi connectivity index (χ2v) is 3.31. The van der Waals surface area contributed by atoms with Crippen LogP contribution in [0.1, 0.15) is 29.3 Å². The molecular weight excluding hydrogens is 223 g/mol. The van der Waals surface area contributed by atoms with Crippen LogP contribution in [-0.2, 0) is 9.53 Å². The fourth-order valence-electron chi connectivity index (χ4n) is 1.25. The first-order valence-corrected chi connectivity index (χ1v) is 5.24. The molecule has 0 aromatic heterocycles. The lowest BCUT2D eigenvalue weighted by molar-refractivity contribution is -0.142. The summed E-state index contributed by atoms with van der Waals surface area (Å²) in [6.07, 6.45) is 3.69. The van der Waals surface area contributed by atoms with Gasteiger partial charge in [0, 0.05) is 11.1 Å². The van der Waals surface area contributed by atoms with Crippen LogP contribution in [0.5, 0.6) is 0 Å². The molecule has 0 heterocycles. The maximum absolute atomic E-state index is 13.4. The number of aldehydes is 1. The van der Waals surface area contributed by atoms with Gasteiger partial charge in [-0.2, -0.15) is 0 Å². The molecule has 0 saturated carbocycles. The average Bonchev–Trinajstić information content (AvgIpc) is 2.31. The van der Waals surface area contributed by atoms with Gasteiger partial charge in [-0.05, 0) is 13.0 Å². The third-order valence-electron chi connectivity index (χ3n) is 2.05. The number of ether oxygens (including phenoxy) is 1. The summed E-state index contributed by atoms with van der Waals surface area (Å²) >= 11 is 0. The second kappa shape index (κ2) is 6.58. The Morgan fingerprint density at radius 3 is 2.82 bits per heavy atom. The van der Waals surface area contributed by atoms with Crippen molar-refractivity contribution in [1.29, 1.82) is 0 Å². The second-order valence-electron chi connectivity index (χ2n) is 3.31. The summed E-state index contributed by atoms with van der Waals surface area (Å²) in [5.74, 6) is -0.844. The standard InChI is InChI=1S/C13H13FO3/c1-2-17-13(16)5-3-4-11-7-6-10(9-15)8-12(11)14/h3-4,6-9H,2,5H2,1H3. The van der Waals surface area contributed by atoms with Crippen molar-refractivity contribution in [2.75, 3.05) is 6.61 Å². The topological polar surface area (TPSA) is 43.4 Å². The van der Waals surface area contributed by atoms with E-state index < -0.39 is 5.82 Å². The summed E-state index contributed by atoms with van der Waals surface area (Å²) < 4.78 is 18.1. The molecule has 0 amide bonds. The highest BCUT2D eigenvalue weighted by Gasteiger charge is 2.01. The van der Waals surface area contributed by atoms with E-state index in [-0.39, 0.29) is 18.0 Å². The minimum absolute atomic E-state index is 0.0999. The van der Waals surface area contributed by atoms with E-state index in [0.717, 1.165) is 6.07 Å². The van der Waals surface area contributed by atoms with Gasteiger partial charge in [0.25, 0.3) is 0 Å². The SMILES string of the molecule is CCOC(=O)CC=Cc1ccc(C=O)cc1F. The van der Waals surface area contributed by atoms with Gasteiger partial charge in [0.15, 0.2) is 0 Å². The van der Waals surface area contributed by atoms with Gasteiger partial charge < -0.3 is 4.74 Å². The lowest BCUT2D eigenvalue weighted by atomic mass is 10.1. The van der Waals surface area contributed by atoms with Crippen molar-refractivity contribution in [3.63, 3.8) is 0 Å². The Labute approximate surface area is 98.9 Å². The predicted molar refractivity (Wildman–Crippen MR) is 62.1 cm³/mol. The van der Waals surface area contributed by atoms with Crippen LogP contribution < -0.4 is 0 Å². The van der Waals surface area contributed by atoms with Crippen LogP contribution in [0.3, 0.4) is 0 Å². The van der Waals surface area contributed by atoms with E-state index in [0.29, 0.717) is 18.5 Å². The number of carbonyl (C=O) groups excluding carboxylic acids is 2. The summed E-state index contributed by atoms with van der Waals surface area (Å²) in [6.45, 7) is 2.05. The molecule has 0 aliphatic carbocycles. The van der Waals surface area contributed by atoms with Gasteiger partial charge in [-0.15, -0.1) is 0 Å². The third kappa shape index (κ3) is 4.18. The molecule has 0 unspecified atom stereocenters. The lowest BCUT2D eigenvalue weighted by Crippen LogP contribution is -2.01. The van der Waals surface area contributed by atoms with Gasteiger partial charge in [0.1, 0.15) is 12.1 Å². The maximum atomic E-state index is 13.4. The first-order valence-electron chi connectivity index (χ1n) is 5.24. The first-order chi connectivity index (χ1) is 8.17. The van der Waals surface area contributed by atoms with Crippen molar-refractivity contribution in [2.24, 2.45) is 0 Å². The van der Waals surface area contributed by atoms with Crippen molar-refractivity contribution in [3.8, 4) is 0 Å². The van der Waals surface area contributed by atoms with Gasteiger partial charge in [-0.1, -0.05) is 24.3 Å². The van der Waals surface area contributed by atoms with Gasteiger partial charge >= 0.3 is 5.97 Å². The molecule has 0 spiro atoms. The van der Waals surface area contributed by atoms with Crippen LogP contribution in [0, 0.1) is 5.82 Å². The number of hydrogen-bond donors (Lipinski definition) is 0. The number of benzene rings is 1. The fourth-order valence-corrected chi connectivity index (χ4v) is 1.25. The van der Waals surface area contributed by atoms with Crippen LogP contribution in [0.15, 0.2) is 24.3 Å². The van der Waals surface area contributed by atoms with E-state index >= 15 is 0 Å². The molecule has 0 aliphatic rings. The molecule has 3 nitrogen and oxygen atoms in total. The lowest BCUT2D eigenvalue weighted by Gasteiger charge is -1.99. The number of esters is 1. The monoisotopic (exact) mass is 236 g/mol. The summed E-state index contributed by atoms with van der Waals surface area (Å²) in [5, 5.41) is 0. The van der Waals surface area contributed by atoms with Gasteiger partial charge in [0.05, 0.1) is 13.0 Å². The molecule has 0 radical (unpaired) electrons. The molecule has 0 bridgehead atoms. The van der Waals surface area contributed by atoms with Crippen molar-refractivity contribution >= 4 is 18.3 Å². The molecule has 0 saturated heterocycles. The first kappa shape index (κ1) is 13.1. The number of halogens is 1. The molecule has 0 fully saturated rings. The Kier molecular flexibility index (Phi) is 5.07. The van der Waals surface area contributed by atoms with E-state index in [9.17, 15) is 14.0 Å².